The molecule has 0 spiro atoms. The number of rotatable bonds is 4. The number of anilines is 2. The largest absolute Gasteiger partial charge is 0.480 e. The van der Waals surface area contributed by atoms with E-state index in [2.05, 4.69) is 9.80 Å². The molecule has 1 heterocycles. The summed E-state index contributed by atoms with van der Waals surface area (Å²) in [6.45, 7) is 5.21. The zero-order valence-electron chi connectivity index (χ0n) is 11.2. The van der Waals surface area contributed by atoms with E-state index in [1.165, 1.54) is 0 Å². The zero-order chi connectivity index (χ0) is 13.8. The van der Waals surface area contributed by atoms with E-state index in [0.29, 0.717) is 6.42 Å². The molecule has 1 aliphatic rings. The lowest BCUT2D eigenvalue weighted by Crippen LogP contribution is -2.52. The number of piperazine rings is 1. The van der Waals surface area contributed by atoms with Crippen molar-refractivity contribution < 1.29 is 9.90 Å². The molecule has 0 aliphatic carbocycles. The Morgan fingerprint density at radius 1 is 1.26 bits per heavy atom. The minimum absolute atomic E-state index is 0.353. The molecule has 2 rings (SSSR count). The number of benzene rings is 1. The van der Waals surface area contributed by atoms with Crippen LogP contribution in [-0.2, 0) is 4.79 Å². The predicted octanol–water partition coefficient (Wildman–Crippen LogP) is 1.25. The molecule has 0 aromatic heterocycles. The Morgan fingerprint density at radius 3 is 2.32 bits per heavy atom. The number of nitrogen functional groups attached to an aromatic ring is 1. The highest BCUT2D eigenvalue weighted by molar-refractivity contribution is 5.73. The number of carbonyl (C=O) groups is 1. The summed E-state index contributed by atoms with van der Waals surface area (Å²) >= 11 is 0. The van der Waals surface area contributed by atoms with Crippen molar-refractivity contribution in [3.05, 3.63) is 24.3 Å². The van der Waals surface area contributed by atoms with Gasteiger partial charge in [0.25, 0.3) is 0 Å². The Bertz CT molecular complexity index is 425. The van der Waals surface area contributed by atoms with Crippen LogP contribution in [-0.4, -0.2) is 48.2 Å². The smallest absolute Gasteiger partial charge is 0.320 e. The fourth-order valence-electron chi connectivity index (χ4n) is 2.57. The molecule has 19 heavy (non-hydrogen) atoms. The van der Waals surface area contributed by atoms with E-state index < -0.39 is 5.97 Å². The number of hydrogen-bond acceptors (Lipinski definition) is 4. The Balaban J connectivity index is 1.95. The first-order chi connectivity index (χ1) is 9.11. The van der Waals surface area contributed by atoms with Crippen LogP contribution < -0.4 is 10.6 Å². The average Bonchev–Trinajstić information content (AvgIpc) is 2.41. The first kappa shape index (κ1) is 13.7. The lowest BCUT2D eigenvalue weighted by atomic mass is 10.1. The van der Waals surface area contributed by atoms with Crippen LogP contribution in [0.2, 0.25) is 0 Å². The van der Waals surface area contributed by atoms with Gasteiger partial charge in [-0.15, -0.1) is 0 Å². The number of carboxylic acids is 1. The second-order valence-corrected chi connectivity index (χ2v) is 4.88. The number of aliphatic carboxylic acids is 1. The highest BCUT2D eigenvalue weighted by Gasteiger charge is 2.27. The molecule has 1 fully saturated rings. The van der Waals surface area contributed by atoms with E-state index in [1.807, 2.05) is 31.2 Å². The minimum atomic E-state index is -0.719. The maximum Gasteiger partial charge on any atom is 0.320 e. The van der Waals surface area contributed by atoms with Crippen molar-refractivity contribution in [1.82, 2.24) is 4.90 Å². The van der Waals surface area contributed by atoms with Gasteiger partial charge in [-0.2, -0.15) is 0 Å². The fraction of sp³-hybridized carbons (Fsp3) is 0.500. The molecule has 1 atom stereocenters. The summed E-state index contributed by atoms with van der Waals surface area (Å²) in [4.78, 5) is 15.5. The van der Waals surface area contributed by atoms with Crippen LogP contribution in [0.4, 0.5) is 11.4 Å². The van der Waals surface area contributed by atoms with Gasteiger partial charge < -0.3 is 15.7 Å². The van der Waals surface area contributed by atoms with E-state index in [0.717, 1.165) is 37.6 Å². The van der Waals surface area contributed by atoms with E-state index in [4.69, 9.17) is 10.8 Å². The van der Waals surface area contributed by atoms with Gasteiger partial charge in [-0.1, -0.05) is 6.92 Å². The molecule has 5 heteroatoms. The summed E-state index contributed by atoms with van der Waals surface area (Å²) in [6.07, 6.45) is 0.650. The number of carboxylic acid groups (broad SMARTS) is 1. The first-order valence-corrected chi connectivity index (χ1v) is 6.69. The standard InChI is InChI=1S/C14H21N3O2/c1-2-13(14(18)19)17-9-7-16(8-10-17)12-5-3-11(15)4-6-12/h3-6,13H,2,7-10,15H2,1H3,(H,18,19). The van der Waals surface area contributed by atoms with Crippen LogP contribution in [0.5, 0.6) is 0 Å². The van der Waals surface area contributed by atoms with Gasteiger partial charge in [0, 0.05) is 37.6 Å². The van der Waals surface area contributed by atoms with Crippen molar-refractivity contribution >= 4 is 17.3 Å². The molecule has 5 nitrogen and oxygen atoms in total. The third-order valence-corrected chi connectivity index (χ3v) is 3.69. The fourth-order valence-corrected chi connectivity index (χ4v) is 2.57. The highest BCUT2D eigenvalue weighted by Crippen LogP contribution is 2.19. The average molecular weight is 263 g/mol. The molecule has 0 radical (unpaired) electrons. The van der Waals surface area contributed by atoms with E-state index >= 15 is 0 Å². The molecule has 0 amide bonds. The molecule has 1 aromatic rings. The van der Waals surface area contributed by atoms with Gasteiger partial charge in [-0.3, -0.25) is 9.69 Å². The predicted molar refractivity (Wildman–Crippen MR) is 76.4 cm³/mol. The number of hydrogen-bond donors (Lipinski definition) is 2. The summed E-state index contributed by atoms with van der Waals surface area (Å²) in [5.74, 6) is -0.719. The lowest BCUT2D eigenvalue weighted by molar-refractivity contribution is -0.143. The van der Waals surface area contributed by atoms with Crippen molar-refractivity contribution in [3.8, 4) is 0 Å². The van der Waals surface area contributed by atoms with Crippen molar-refractivity contribution in [2.75, 3.05) is 36.8 Å². The first-order valence-electron chi connectivity index (χ1n) is 6.69. The third kappa shape index (κ3) is 3.17. The van der Waals surface area contributed by atoms with Gasteiger partial charge in [-0.05, 0) is 30.7 Å². The molecule has 3 N–H and O–H groups in total. The van der Waals surface area contributed by atoms with Crippen molar-refractivity contribution in [3.63, 3.8) is 0 Å². The van der Waals surface area contributed by atoms with Crippen molar-refractivity contribution in [1.29, 1.82) is 0 Å². The van der Waals surface area contributed by atoms with Crippen LogP contribution in [0.3, 0.4) is 0 Å². The van der Waals surface area contributed by atoms with Crippen LogP contribution >= 0.6 is 0 Å². The SMILES string of the molecule is CCC(C(=O)O)N1CCN(c2ccc(N)cc2)CC1. The van der Waals surface area contributed by atoms with Gasteiger partial charge in [-0.25, -0.2) is 0 Å². The number of nitrogens with zero attached hydrogens (tertiary/aromatic N) is 2. The second-order valence-electron chi connectivity index (χ2n) is 4.88. The van der Waals surface area contributed by atoms with Gasteiger partial charge in [0.2, 0.25) is 0 Å². The zero-order valence-corrected chi connectivity index (χ0v) is 11.2. The van der Waals surface area contributed by atoms with E-state index in [-0.39, 0.29) is 6.04 Å². The van der Waals surface area contributed by atoms with E-state index in [9.17, 15) is 4.79 Å². The van der Waals surface area contributed by atoms with Crippen LogP contribution in [0.15, 0.2) is 24.3 Å². The topological polar surface area (TPSA) is 69.8 Å². The summed E-state index contributed by atoms with van der Waals surface area (Å²) in [6, 6.07) is 7.47. The number of nitrogens with two attached hydrogens (primary N) is 1. The Hall–Kier alpha value is -1.75. The Morgan fingerprint density at radius 2 is 1.84 bits per heavy atom. The second kappa shape index (κ2) is 5.93. The molecule has 0 saturated carbocycles. The van der Waals surface area contributed by atoms with Crippen LogP contribution in [0.25, 0.3) is 0 Å². The summed E-state index contributed by atoms with van der Waals surface area (Å²) < 4.78 is 0. The maximum absolute atomic E-state index is 11.1. The lowest BCUT2D eigenvalue weighted by Gasteiger charge is -2.38. The van der Waals surface area contributed by atoms with E-state index in [1.54, 1.807) is 0 Å². The summed E-state index contributed by atoms with van der Waals surface area (Å²) in [7, 11) is 0. The molecule has 1 aromatic carbocycles. The van der Waals surface area contributed by atoms with Gasteiger partial charge >= 0.3 is 5.97 Å². The Labute approximate surface area is 113 Å². The molecular weight excluding hydrogens is 242 g/mol. The maximum atomic E-state index is 11.1. The minimum Gasteiger partial charge on any atom is -0.480 e. The van der Waals surface area contributed by atoms with Crippen LogP contribution in [0, 0.1) is 0 Å². The quantitative estimate of drug-likeness (QED) is 0.800. The molecule has 1 unspecified atom stereocenters. The molecule has 1 saturated heterocycles. The monoisotopic (exact) mass is 263 g/mol. The van der Waals surface area contributed by atoms with Gasteiger partial charge in [0.1, 0.15) is 6.04 Å². The molecule has 0 bridgehead atoms. The van der Waals surface area contributed by atoms with Crippen LogP contribution in [0.1, 0.15) is 13.3 Å². The van der Waals surface area contributed by atoms with Crippen molar-refractivity contribution in [2.24, 2.45) is 0 Å². The molecule has 104 valence electrons. The van der Waals surface area contributed by atoms with Gasteiger partial charge in [0.05, 0.1) is 0 Å². The normalized spacial score (nSPS) is 18.3. The third-order valence-electron chi connectivity index (χ3n) is 3.69. The highest BCUT2D eigenvalue weighted by atomic mass is 16.4. The van der Waals surface area contributed by atoms with Crippen molar-refractivity contribution in [2.45, 2.75) is 19.4 Å². The Kier molecular flexibility index (Phi) is 4.27. The summed E-state index contributed by atoms with van der Waals surface area (Å²) in [5, 5.41) is 9.17. The van der Waals surface area contributed by atoms with Gasteiger partial charge in [0.15, 0.2) is 0 Å². The molecule has 1 aliphatic heterocycles. The summed E-state index contributed by atoms with van der Waals surface area (Å²) in [5.41, 5.74) is 7.59. The molecular formula is C14H21N3O2.